The molecule has 0 aromatic rings. The average molecular weight is 312 g/mol. The van der Waals surface area contributed by atoms with Crippen LogP contribution in [0.3, 0.4) is 0 Å². The highest BCUT2D eigenvalue weighted by Crippen LogP contribution is 2.32. The summed E-state index contributed by atoms with van der Waals surface area (Å²) in [7, 11) is 0. The van der Waals surface area contributed by atoms with E-state index >= 15 is 0 Å². The topological polar surface area (TPSA) is 77.8 Å². The Morgan fingerprint density at radius 3 is 1.82 bits per heavy atom. The second-order valence-corrected chi connectivity index (χ2v) is 6.54. The molecule has 0 aromatic heterocycles. The molecule has 22 heavy (non-hydrogen) atoms. The van der Waals surface area contributed by atoms with Gasteiger partial charge in [-0.25, -0.2) is 0 Å². The standard InChI is InChI=1S/C18H32O4/c19-16-14-13-15(18(16)22)11-9-7-5-3-1-2-4-6-8-10-12-17(20)21/h15,19,22H,1-14H2,(H,20,21). The summed E-state index contributed by atoms with van der Waals surface area (Å²) in [6.45, 7) is 0. The van der Waals surface area contributed by atoms with Gasteiger partial charge >= 0.3 is 5.97 Å². The van der Waals surface area contributed by atoms with Gasteiger partial charge in [0.05, 0.1) is 0 Å². The molecule has 1 atom stereocenters. The lowest BCUT2D eigenvalue weighted by Gasteiger charge is -2.09. The van der Waals surface area contributed by atoms with Gasteiger partial charge in [-0.15, -0.1) is 0 Å². The molecule has 0 bridgehead atoms. The molecule has 0 amide bonds. The largest absolute Gasteiger partial charge is 0.509 e. The molecule has 4 nitrogen and oxygen atoms in total. The number of carbonyl (C=O) groups is 1. The summed E-state index contributed by atoms with van der Waals surface area (Å²) in [5.41, 5.74) is 0. The maximum atomic E-state index is 10.3. The molecule has 0 heterocycles. The normalized spacial score (nSPS) is 18.1. The van der Waals surface area contributed by atoms with E-state index in [4.69, 9.17) is 5.11 Å². The molecule has 3 N–H and O–H groups in total. The number of aliphatic carboxylic acids is 1. The fraction of sp³-hybridized carbons (Fsp3) is 0.833. The molecule has 0 spiro atoms. The predicted molar refractivity (Wildman–Crippen MR) is 88.0 cm³/mol. The van der Waals surface area contributed by atoms with E-state index in [1.54, 1.807) is 0 Å². The highest BCUT2D eigenvalue weighted by atomic mass is 16.4. The number of carboxylic acids is 1. The smallest absolute Gasteiger partial charge is 0.303 e. The molecular weight excluding hydrogens is 280 g/mol. The fourth-order valence-corrected chi connectivity index (χ4v) is 3.17. The zero-order valence-electron chi connectivity index (χ0n) is 13.7. The monoisotopic (exact) mass is 312 g/mol. The minimum Gasteiger partial charge on any atom is -0.509 e. The highest BCUT2D eigenvalue weighted by Gasteiger charge is 2.24. The molecular formula is C18H32O4. The summed E-state index contributed by atoms with van der Waals surface area (Å²) in [5.74, 6) is -0.0429. The third-order valence-electron chi connectivity index (χ3n) is 4.61. The summed E-state index contributed by atoms with van der Waals surface area (Å²) in [4.78, 5) is 10.3. The van der Waals surface area contributed by atoms with Crippen molar-refractivity contribution in [2.24, 2.45) is 5.92 Å². The molecule has 1 unspecified atom stereocenters. The minimum absolute atomic E-state index is 0.200. The van der Waals surface area contributed by atoms with E-state index in [-0.39, 0.29) is 17.4 Å². The van der Waals surface area contributed by atoms with Gasteiger partial charge in [0.2, 0.25) is 0 Å². The zero-order chi connectivity index (χ0) is 16.2. The van der Waals surface area contributed by atoms with Crippen LogP contribution in [0.1, 0.15) is 89.9 Å². The Labute approximate surface area is 134 Å². The molecule has 0 aromatic carbocycles. The van der Waals surface area contributed by atoms with Crippen LogP contribution in [-0.2, 0) is 4.79 Å². The Morgan fingerprint density at radius 1 is 0.864 bits per heavy atom. The number of aliphatic hydroxyl groups excluding tert-OH is 2. The molecule has 1 aliphatic rings. The second-order valence-electron chi connectivity index (χ2n) is 6.54. The first kappa shape index (κ1) is 18.9. The molecule has 0 aliphatic heterocycles. The van der Waals surface area contributed by atoms with Gasteiger partial charge in [-0.3, -0.25) is 4.79 Å². The van der Waals surface area contributed by atoms with Crippen molar-refractivity contribution in [2.75, 3.05) is 0 Å². The van der Waals surface area contributed by atoms with E-state index in [9.17, 15) is 15.0 Å². The SMILES string of the molecule is O=C(O)CCCCCCCCCCCCC1CCC(O)=C1O. The number of allylic oxidation sites excluding steroid dienone is 2. The third kappa shape index (κ3) is 8.30. The van der Waals surface area contributed by atoms with Crippen molar-refractivity contribution in [2.45, 2.75) is 89.9 Å². The Bertz CT molecular complexity index is 349. The molecule has 0 fully saturated rings. The minimum atomic E-state index is -0.684. The first-order chi connectivity index (χ1) is 10.6. The van der Waals surface area contributed by atoms with Crippen LogP contribution < -0.4 is 0 Å². The maximum Gasteiger partial charge on any atom is 0.303 e. The Hall–Kier alpha value is -1.19. The van der Waals surface area contributed by atoms with Crippen LogP contribution in [0, 0.1) is 5.92 Å². The molecule has 1 aliphatic carbocycles. The van der Waals surface area contributed by atoms with Crippen LogP contribution in [0.2, 0.25) is 0 Å². The van der Waals surface area contributed by atoms with Crippen molar-refractivity contribution in [3.05, 3.63) is 11.5 Å². The number of carboxylic acid groups (broad SMARTS) is 1. The van der Waals surface area contributed by atoms with Crippen molar-refractivity contribution in [3.63, 3.8) is 0 Å². The van der Waals surface area contributed by atoms with E-state index in [0.717, 1.165) is 38.5 Å². The van der Waals surface area contributed by atoms with E-state index in [2.05, 4.69) is 0 Å². The first-order valence-electron chi connectivity index (χ1n) is 8.94. The van der Waals surface area contributed by atoms with E-state index < -0.39 is 5.97 Å². The van der Waals surface area contributed by atoms with E-state index in [1.165, 1.54) is 38.5 Å². The number of hydrogen-bond donors (Lipinski definition) is 3. The van der Waals surface area contributed by atoms with Gasteiger partial charge in [0.1, 0.15) is 11.5 Å². The summed E-state index contributed by atoms with van der Waals surface area (Å²) in [6, 6.07) is 0. The lowest BCUT2D eigenvalue weighted by Crippen LogP contribution is -1.99. The average Bonchev–Trinajstić information content (AvgIpc) is 2.80. The Morgan fingerprint density at radius 2 is 1.36 bits per heavy atom. The lowest BCUT2D eigenvalue weighted by atomic mass is 9.98. The van der Waals surface area contributed by atoms with E-state index in [0.29, 0.717) is 12.8 Å². The van der Waals surface area contributed by atoms with Crippen LogP contribution in [0.25, 0.3) is 0 Å². The maximum absolute atomic E-state index is 10.3. The van der Waals surface area contributed by atoms with Crippen LogP contribution in [0.5, 0.6) is 0 Å². The van der Waals surface area contributed by atoms with Crippen molar-refractivity contribution in [1.29, 1.82) is 0 Å². The van der Waals surface area contributed by atoms with Crippen LogP contribution in [0.15, 0.2) is 11.5 Å². The molecule has 4 heteroatoms. The van der Waals surface area contributed by atoms with Crippen molar-refractivity contribution < 1.29 is 20.1 Å². The molecule has 0 saturated carbocycles. The second kappa shape index (κ2) is 11.4. The lowest BCUT2D eigenvalue weighted by molar-refractivity contribution is -0.137. The van der Waals surface area contributed by atoms with Gasteiger partial charge < -0.3 is 15.3 Å². The van der Waals surface area contributed by atoms with Crippen LogP contribution in [-0.4, -0.2) is 21.3 Å². The summed E-state index contributed by atoms with van der Waals surface area (Å²) < 4.78 is 0. The van der Waals surface area contributed by atoms with Crippen LogP contribution in [0.4, 0.5) is 0 Å². The van der Waals surface area contributed by atoms with E-state index in [1.807, 2.05) is 0 Å². The van der Waals surface area contributed by atoms with Gasteiger partial charge in [0.25, 0.3) is 0 Å². The van der Waals surface area contributed by atoms with Crippen molar-refractivity contribution in [3.8, 4) is 0 Å². The van der Waals surface area contributed by atoms with Crippen molar-refractivity contribution >= 4 is 5.97 Å². The van der Waals surface area contributed by atoms with Gasteiger partial charge in [-0.2, -0.15) is 0 Å². The number of rotatable bonds is 13. The highest BCUT2D eigenvalue weighted by molar-refractivity contribution is 5.66. The quantitative estimate of drug-likeness (QED) is 0.393. The summed E-state index contributed by atoms with van der Waals surface area (Å²) in [6.07, 6.45) is 14.5. The Balaban J connectivity index is 1.80. The molecule has 128 valence electrons. The van der Waals surface area contributed by atoms with Gasteiger partial charge in [-0.05, 0) is 19.3 Å². The number of unbranched alkanes of at least 4 members (excludes halogenated alkanes) is 9. The molecule has 0 saturated heterocycles. The van der Waals surface area contributed by atoms with Gasteiger partial charge in [-0.1, -0.05) is 57.8 Å². The summed E-state index contributed by atoms with van der Waals surface area (Å²) in [5, 5.41) is 27.5. The number of aliphatic hydroxyl groups is 2. The fourth-order valence-electron chi connectivity index (χ4n) is 3.17. The number of hydrogen-bond acceptors (Lipinski definition) is 3. The van der Waals surface area contributed by atoms with Gasteiger partial charge in [0, 0.05) is 18.8 Å². The zero-order valence-corrected chi connectivity index (χ0v) is 13.7. The van der Waals surface area contributed by atoms with Gasteiger partial charge in [0.15, 0.2) is 0 Å². The molecule has 1 rings (SSSR count). The molecule has 0 radical (unpaired) electrons. The predicted octanol–water partition coefficient (Wildman–Crippen LogP) is 5.49. The van der Waals surface area contributed by atoms with Crippen molar-refractivity contribution in [1.82, 2.24) is 0 Å². The first-order valence-corrected chi connectivity index (χ1v) is 8.94. The Kier molecular flexibility index (Phi) is 9.76. The van der Waals surface area contributed by atoms with Crippen LogP contribution >= 0.6 is 0 Å². The summed E-state index contributed by atoms with van der Waals surface area (Å²) >= 11 is 0. The third-order valence-corrected chi connectivity index (χ3v) is 4.61.